The van der Waals surface area contributed by atoms with Crippen LogP contribution in [0.3, 0.4) is 0 Å². The molecule has 5 heteroatoms. The van der Waals surface area contributed by atoms with E-state index in [-0.39, 0.29) is 6.04 Å². The molecule has 5 nitrogen and oxygen atoms in total. The molecule has 1 aromatic heterocycles. The Bertz CT molecular complexity index is 517. The molecule has 2 heterocycles. The molecule has 0 amide bonds. The van der Waals surface area contributed by atoms with Gasteiger partial charge in [-0.3, -0.25) is 0 Å². The van der Waals surface area contributed by atoms with Crippen molar-refractivity contribution in [1.82, 2.24) is 10.3 Å². The first kappa shape index (κ1) is 10.6. The Morgan fingerprint density at radius 3 is 3.18 bits per heavy atom. The van der Waals surface area contributed by atoms with E-state index in [4.69, 9.17) is 13.9 Å². The van der Waals surface area contributed by atoms with Crippen molar-refractivity contribution in [2.24, 2.45) is 0 Å². The fourth-order valence-electron chi connectivity index (χ4n) is 1.98. The van der Waals surface area contributed by atoms with Gasteiger partial charge in [-0.1, -0.05) is 6.07 Å². The number of nitrogens with zero attached hydrogens (tertiary/aromatic N) is 1. The number of fused-ring (bicyclic) bond motifs is 1. The molecule has 1 fully saturated rings. The van der Waals surface area contributed by atoms with E-state index in [0.29, 0.717) is 12.5 Å². The van der Waals surface area contributed by atoms with Crippen molar-refractivity contribution in [2.75, 3.05) is 26.9 Å². The molecule has 0 aliphatic carbocycles. The second-order valence-corrected chi connectivity index (χ2v) is 3.94. The topological polar surface area (TPSA) is 56.5 Å². The van der Waals surface area contributed by atoms with Gasteiger partial charge in [-0.25, -0.2) is 4.98 Å². The summed E-state index contributed by atoms with van der Waals surface area (Å²) < 4.78 is 16.4. The second kappa shape index (κ2) is 4.35. The van der Waals surface area contributed by atoms with Gasteiger partial charge in [0.25, 0.3) is 0 Å². The maximum Gasteiger partial charge on any atom is 0.215 e. The molecule has 1 aromatic carbocycles. The number of nitrogens with one attached hydrogen (secondary N) is 1. The molecule has 0 saturated carbocycles. The Morgan fingerprint density at radius 1 is 1.47 bits per heavy atom. The summed E-state index contributed by atoms with van der Waals surface area (Å²) in [7, 11) is 1.63. The Kier molecular flexibility index (Phi) is 2.70. The van der Waals surface area contributed by atoms with Crippen molar-refractivity contribution in [3.05, 3.63) is 24.1 Å². The number of rotatable bonds is 2. The molecule has 1 N–H and O–H groups in total. The van der Waals surface area contributed by atoms with Crippen molar-refractivity contribution in [3.63, 3.8) is 0 Å². The van der Waals surface area contributed by atoms with Gasteiger partial charge in [-0.2, -0.15) is 0 Å². The lowest BCUT2D eigenvalue weighted by molar-refractivity contribution is 0.0687. The summed E-state index contributed by atoms with van der Waals surface area (Å²) in [5.74, 6) is 1.39. The first-order valence-corrected chi connectivity index (χ1v) is 5.63. The Labute approximate surface area is 98.7 Å². The quantitative estimate of drug-likeness (QED) is 0.853. The van der Waals surface area contributed by atoms with Crippen molar-refractivity contribution in [1.29, 1.82) is 0 Å². The van der Waals surface area contributed by atoms with Crippen LogP contribution in [0.25, 0.3) is 11.1 Å². The first-order valence-electron chi connectivity index (χ1n) is 5.63. The van der Waals surface area contributed by atoms with E-state index < -0.39 is 0 Å². The summed E-state index contributed by atoms with van der Waals surface area (Å²) in [6.07, 6.45) is 0. The normalized spacial score (nSPS) is 20.6. The molecule has 2 aromatic rings. The molecular weight excluding hydrogens is 220 g/mol. The van der Waals surface area contributed by atoms with Crippen molar-refractivity contribution >= 4 is 11.1 Å². The van der Waals surface area contributed by atoms with Crippen molar-refractivity contribution in [3.8, 4) is 5.75 Å². The standard InChI is InChI=1S/C12H14N2O3/c1-15-9-3-2-4-10-11(9)14-12(17-10)8-7-16-6-5-13-8/h2-4,8,13H,5-7H2,1H3. The highest BCUT2D eigenvalue weighted by atomic mass is 16.5. The van der Waals surface area contributed by atoms with Gasteiger partial charge in [0, 0.05) is 6.54 Å². The molecule has 3 rings (SSSR count). The summed E-state index contributed by atoms with van der Waals surface area (Å²) in [6.45, 7) is 2.15. The minimum atomic E-state index is 0.0286. The maximum absolute atomic E-state index is 5.72. The van der Waals surface area contributed by atoms with Crippen LogP contribution in [0, 0.1) is 0 Å². The number of morpholine rings is 1. The number of aromatic nitrogens is 1. The number of benzene rings is 1. The van der Waals surface area contributed by atoms with E-state index in [0.717, 1.165) is 30.0 Å². The zero-order valence-electron chi connectivity index (χ0n) is 9.60. The molecule has 1 unspecified atom stereocenters. The molecule has 1 atom stereocenters. The van der Waals surface area contributed by atoms with Gasteiger partial charge in [0.1, 0.15) is 11.8 Å². The molecule has 1 aliphatic heterocycles. The van der Waals surface area contributed by atoms with Crippen LogP contribution in [0.4, 0.5) is 0 Å². The third kappa shape index (κ3) is 1.87. The summed E-state index contributed by atoms with van der Waals surface area (Å²) in [6, 6.07) is 5.68. The molecule has 1 aliphatic rings. The van der Waals surface area contributed by atoms with E-state index in [9.17, 15) is 0 Å². The van der Waals surface area contributed by atoms with Crippen LogP contribution in [0.5, 0.6) is 5.75 Å². The number of hydrogen-bond donors (Lipinski definition) is 1. The monoisotopic (exact) mass is 234 g/mol. The summed E-state index contributed by atoms with van der Waals surface area (Å²) in [5, 5.41) is 3.31. The maximum atomic E-state index is 5.72. The highest BCUT2D eigenvalue weighted by Gasteiger charge is 2.21. The molecular formula is C12H14N2O3. The van der Waals surface area contributed by atoms with Crippen LogP contribution in [0.2, 0.25) is 0 Å². The van der Waals surface area contributed by atoms with E-state index in [1.54, 1.807) is 7.11 Å². The fraction of sp³-hybridized carbons (Fsp3) is 0.417. The number of oxazole rings is 1. The molecule has 17 heavy (non-hydrogen) atoms. The van der Waals surface area contributed by atoms with E-state index >= 15 is 0 Å². The largest absolute Gasteiger partial charge is 0.494 e. The van der Waals surface area contributed by atoms with Crippen molar-refractivity contribution < 1.29 is 13.9 Å². The molecule has 90 valence electrons. The average Bonchev–Trinajstić information content (AvgIpc) is 2.83. The first-order chi connectivity index (χ1) is 8.38. The Hall–Kier alpha value is -1.59. The highest BCUT2D eigenvalue weighted by molar-refractivity contribution is 5.79. The Morgan fingerprint density at radius 2 is 2.41 bits per heavy atom. The van der Waals surface area contributed by atoms with Crippen molar-refractivity contribution in [2.45, 2.75) is 6.04 Å². The molecule has 1 saturated heterocycles. The lowest BCUT2D eigenvalue weighted by atomic mass is 10.3. The minimum Gasteiger partial charge on any atom is -0.494 e. The number of para-hydroxylation sites is 1. The zero-order valence-corrected chi connectivity index (χ0v) is 9.60. The SMILES string of the molecule is COc1cccc2oc(C3COCCN3)nc12. The summed E-state index contributed by atoms with van der Waals surface area (Å²) >= 11 is 0. The van der Waals surface area contributed by atoms with Gasteiger partial charge in [0.05, 0.1) is 20.3 Å². The van der Waals surface area contributed by atoms with Crippen LogP contribution in [-0.2, 0) is 4.74 Å². The van der Waals surface area contributed by atoms with Crippen LogP contribution in [-0.4, -0.2) is 31.9 Å². The molecule has 0 spiro atoms. The van der Waals surface area contributed by atoms with E-state index in [1.165, 1.54) is 0 Å². The minimum absolute atomic E-state index is 0.0286. The van der Waals surface area contributed by atoms with Crippen LogP contribution in [0.15, 0.2) is 22.6 Å². The summed E-state index contributed by atoms with van der Waals surface area (Å²) in [4.78, 5) is 4.47. The van der Waals surface area contributed by atoms with Gasteiger partial charge < -0.3 is 19.2 Å². The van der Waals surface area contributed by atoms with Crippen LogP contribution < -0.4 is 10.1 Å². The van der Waals surface area contributed by atoms with Crippen LogP contribution >= 0.6 is 0 Å². The summed E-state index contributed by atoms with van der Waals surface area (Å²) in [5.41, 5.74) is 1.50. The fourth-order valence-corrected chi connectivity index (χ4v) is 1.98. The predicted octanol–water partition coefficient (Wildman–Crippen LogP) is 1.50. The lowest BCUT2D eigenvalue weighted by Gasteiger charge is -2.20. The smallest absolute Gasteiger partial charge is 0.215 e. The number of methoxy groups -OCH3 is 1. The molecule has 0 bridgehead atoms. The predicted molar refractivity (Wildman–Crippen MR) is 62.1 cm³/mol. The van der Waals surface area contributed by atoms with Gasteiger partial charge >= 0.3 is 0 Å². The molecule has 0 radical (unpaired) electrons. The lowest BCUT2D eigenvalue weighted by Crippen LogP contribution is -2.34. The van der Waals surface area contributed by atoms with E-state index in [1.807, 2.05) is 18.2 Å². The Balaban J connectivity index is 2.00. The van der Waals surface area contributed by atoms with E-state index in [2.05, 4.69) is 10.3 Å². The number of ether oxygens (including phenoxy) is 2. The highest BCUT2D eigenvalue weighted by Crippen LogP contribution is 2.28. The number of hydrogen-bond acceptors (Lipinski definition) is 5. The third-order valence-electron chi connectivity index (χ3n) is 2.84. The van der Waals surface area contributed by atoms with Crippen LogP contribution in [0.1, 0.15) is 11.9 Å². The van der Waals surface area contributed by atoms with Gasteiger partial charge in [-0.15, -0.1) is 0 Å². The zero-order chi connectivity index (χ0) is 11.7. The third-order valence-corrected chi connectivity index (χ3v) is 2.84. The average molecular weight is 234 g/mol. The van der Waals surface area contributed by atoms with Gasteiger partial charge in [-0.05, 0) is 12.1 Å². The van der Waals surface area contributed by atoms with Gasteiger partial charge in [0.2, 0.25) is 5.89 Å². The second-order valence-electron chi connectivity index (χ2n) is 3.94. The van der Waals surface area contributed by atoms with Gasteiger partial charge in [0.15, 0.2) is 11.1 Å².